The molecule has 1 aliphatic rings. The van der Waals surface area contributed by atoms with Crippen LogP contribution in [0.5, 0.6) is 0 Å². The fourth-order valence-corrected chi connectivity index (χ4v) is 4.05. The molecule has 0 spiro atoms. The lowest BCUT2D eigenvalue weighted by atomic mass is 9.92. The Balaban J connectivity index is 2.24. The summed E-state index contributed by atoms with van der Waals surface area (Å²) >= 11 is 0. The van der Waals surface area contributed by atoms with Gasteiger partial charge in [0.1, 0.15) is 11.6 Å². The van der Waals surface area contributed by atoms with Gasteiger partial charge in [-0.2, -0.15) is 0 Å². The Labute approximate surface area is 139 Å². The Morgan fingerprint density at radius 3 is 2.61 bits per heavy atom. The molecule has 6 nitrogen and oxygen atoms in total. The highest BCUT2D eigenvalue weighted by Gasteiger charge is 2.36. The molecule has 130 valence electrons. The molecule has 0 amide bonds. The maximum Gasteiger partial charge on any atom is 0.209 e. The van der Waals surface area contributed by atoms with E-state index in [9.17, 15) is 8.42 Å². The summed E-state index contributed by atoms with van der Waals surface area (Å²) < 4.78 is 26.1. The van der Waals surface area contributed by atoms with Crippen molar-refractivity contribution in [2.45, 2.75) is 46.6 Å². The molecule has 0 saturated carbocycles. The Bertz CT molecular complexity index is 645. The van der Waals surface area contributed by atoms with E-state index < -0.39 is 10.0 Å². The fourth-order valence-electron chi connectivity index (χ4n) is 3.25. The number of hydrogen-bond acceptors (Lipinski definition) is 5. The van der Waals surface area contributed by atoms with Crippen molar-refractivity contribution in [1.82, 2.24) is 14.7 Å². The second kappa shape index (κ2) is 7.13. The molecule has 0 aliphatic carbocycles. The minimum Gasteiger partial charge on any atom is -0.355 e. The first kappa shape index (κ1) is 18.1. The molecular formula is C16H28N4O2S. The van der Waals surface area contributed by atoms with Gasteiger partial charge in [-0.1, -0.05) is 27.2 Å². The van der Waals surface area contributed by atoms with Gasteiger partial charge in [0.2, 0.25) is 10.0 Å². The van der Waals surface area contributed by atoms with Crippen molar-refractivity contribution >= 4 is 15.8 Å². The molecule has 0 radical (unpaired) electrons. The molecule has 1 fully saturated rings. The molecule has 2 rings (SSSR count). The van der Waals surface area contributed by atoms with E-state index in [0.717, 1.165) is 36.7 Å². The Morgan fingerprint density at radius 1 is 1.35 bits per heavy atom. The zero-order valence-electron chi connectivity index (χ0n) is 14.7. The summed E-state index contributed by atoms with van der Waals surface area (Å²) in [7, 11) is -3.21. The van der Waals surface area contributed by atoms with Gasteiger partial charge in [0.05, 0.1) is 6.26 Å². The first-order chi connectivity index (χ1) is 10.7. The SMILES string of the molecule is CCCc1cc(N2CC(NS(C)(=O)=O)C(C(C)C)C2)nc(C)n1. The maximum atomic E-state index is 11.6. The standard InChI is InChI=1S/C16H28N4O2S/c1-6-7-13-8-16(18-12(4)17-13)20-9-14(11(2)3)15(10-20)19-23(5,21)22/h8,11,14-15,19H,6-7,9-10H2,1-5H3. The van der Waals surface area contributed by atoms with Gasteiger partial charge in [0.25, 0.3) is 0 Å². The van der Waals surface area contributed by atoms with E-state index in [0.29, 0.717) is 12.5 Å². The van der Waals surface area contributed by atoms with Crippen LogP contribution in [0.15, 0.2) is 6.07 Å². The van der Waals surface area contributed by atoms with Gasteiger partial charge in [-0.3, -0.25) is 0 Å². The van der Waals surface area contributed by atoms with Crippen molar-refractivity contribution in [3.05, 3.63) is 17.6 Å². The monoisotopic (exact) mass is 340 g/mol. The van der Waals surface area contributed by atoms with Crippen LogP contribution >= 0.6 is 0 Å². The van der Waals surface area contributed by atoms with Crippen LogP contribution in [0.2, 0.25) is 0 Å². The highest BCUT2D eigenvalue weighted by molar-refractivity contribution is 7.88. The fraction of sp³-hybridized carbons (Fsp3) is 0.750. The molecular weight excluding hydrogens is 312 g/mol. The molecule has 1 N–H and O–H groups in total. The Kier molecular flexibility index (Phi) is 5.62. The average molecular weight is 340 g/mol. The van der Waals surface area contributed by atoms with Gasteiger partial charge in [-0.25, -0.2) is 23.1 Å². The number of nitrogens with zero attached hydrogens (tertiary/aromatic N) is 3. The highest BCUT2D eigenvalue weighted by Crippen LogP contribution is 2.28. The topological polar surface area (TPSA) is 75.2 Å². The smallest absolute Gasteiger partial charge is 0.209 e. The molecule has 1 aromatic rings. The summed E-state index contributed by atoms with van der Waals surface area (Å²) in [6, 6.07) is 1.96. The first-order valence-electron chi connectivity index (χ1n) is 8.26. The average Bonchev–Trinajstić information content (AvgIpc) is 2.80. The first-order valence-corrected chi connectivity index (χ1v) is 10.2. The molecule has 23 heavy (non-hydrogen) atoms. The number of sulfonamides is 1. The van der Waals surface area contributed by atoms with Crippen LogP contribution in [0.3, 0.4) is 0 Å². The number of nitrogens with one attached hydrogen (secondary N) is 1. The van der Waals surface area contributed by atoms with E-state index in [1.54, 1.807) is 0 Å². The zero-order chi connectivity index (χ0) is 17.2. The van der Waals surface area contributed by atoms with Crippen LogP contribution in [0.1, 0.15) is 38.7 Å². The molecule has 1 aromatic heterocycles. The lowest BCUT2D eigenvalue weighted by Gasteiger charge is -2.21. The van der Waals surface area contributed by atoms with Gasteiger partial charge in [0, 0.05) is 30.9 Å². The van der Waals surface area contributed by atoms with Gasteiger partial charge in [0.15, 0.2) is 0 Å². The molecule has 7 heteroatoms. The van der Waals surface area contributed by atoms with Crippen molar-refractivity contribution in [1.29, 1.82) is 0 Å². The van der Waals surface area contributed by atoms with Gasteiger partial charge >= 0.3 is 0 Å². The van der Waals surface area contributed by atoms with Crippen molar-refractivity contribution in [3.8, 4) is 0 Å². The predicted molar refractivity (Wildman–Crippen MR) is 93.1 cm³/mol. The van der Waals surface area contributed by atoms with Gasteiger partial charge in [-0.05, 0) is 25.2 Å². The molecule has 0 bridgehead atoms. The minimum absolute atomic E-state index is 0.0742. The third kappa shape index (κ3) is 4.88. The second-order valence-corrected chi connectivity index (χ2v) is 8.60. The maximum absolute atomic E-state index is 11.6. The minimum atomic E-state index is -3.21. The zero-order valence-corrected chi connectivity index (χ0v) is 15.5. The number of anilines is 1. The van der Waals surface area contributed by atoms with Crippen molar-refractivity contribution in [2.24, 2.45) is 11.8 Å². The summed E-state index contributed by atoms with van der Waals surface area (Å²) in [4.78, 5) is 11.2. The van der Waals surface area contributed by atoms with Crippen molar-refractivity contribution in [2.75, 3.05) is 24.2 Å². The van der Waals surface area contributed by atoms with E-state index in [1.807, 2.05) is 13.0 Å². The van der Waals surface area contributed by atoms with Crippen molar-refractivity contribution in [3.63, 3.8) is 0 Å². The van der Waals surface area contributed by atoms with Crippen LogP contribution in [0.25, 0.3) is 0 Å². The largest absolute Gasteiger partial charge is 0.355 e. The van der Waals surface area contributed by atoms with Crippen LogP contribution < -0.4 is 9.62 Å². The molecule has 1 aliphatic heterocycles. The summed E-state index contributed by atoms with van der Waals surface area (Å²) in [5, 5.41) is 0. The lowest BCUT2D eigenvalue weighted by Crippen LogP contribution is -2.41. The van der Waals surface area contributed by atoms with E-state index in [1.165, 1.54) is 6.26 Å². The number of aromatic nitrogens is 2. The van der Waals surface area contributed by atoms with E-state index in [2.05, 4.69) is 40.4 Å². The molecule has 2 atom stereocenters. The molecule has 1 saturated heterocycles. The number of aryl methyl sites for hydroxylation is 2. The third-order valence-electron chi connectivity index (χ3n) is 4.29. The summed E-state index contributed by atoms with van der Waals surface area (Å²) in [6.45, 7) is 9.78. The van der Waals surface area contributed by atoms with Crippen LogP contribution in [0, 0.1) is 18.8 Å². The van der Waals surface area contributed by atoms with E-state index in [4.69, 9.17) is 0 Å². The molecule has 2 heterocycles. The Hall–Kier alpha value is -1.21. The summed E-state index contributed by atoms with van der Waals surface area (Å²) in [5.74, 6) is 2.35. The molecule has 2 unspecified atom stereocenters. The Morgan fingerprint density at radius 2 is 2.04 bits per heavy atom. The van der Waals surface area contributed by atoms with Crippen LogP contribution in [-0.4, -0.2) is 43.8 Å². The lowest BCUT2D eigenvalue weighted by molar-refractivity contribution is 0.365. The van der Waals surface area contributed by atoms with E-state index >= 15 is 0 Å². The number of rotatable bonds is 6. The second-order valence-electron chi connectivity index (χ2n) is 6.82. The van der Waals surface area contributed by atoms with E-state index in [-0.39, 0.29) is 12.0 Å². The number of hydrogen-bond donors (Lipinski definition) is 1. The normalized spacial score (nSPS) is 22.1. The quantitative estimate of drug-likeness (QED) is 0.854. The highest BCUT2D eigenvalue weighted by atomic mass is 32.2. The summed E-state index contributed by atoms with van der Waals surface area (Å²) in [6.07, 6.45) is 3.20. The van der Waals surface area contributed by atoms with Gasteiger partial charge < -0.3 is 4.90 Å². The third-order valence-corrected chi connectivity index (χ3v) is 5.03. The summed E-state index contributed by atoms with van der Waals surface area (Å²) in [5.41, 5.74) is 1.05. The van der Waals surface area contributed by atoms with Crippen LogP contribution in [0.4, 0.5) is 5.82 Å². The predicted octanol–water partition coefficient (Wildman–Crippen LogP) is 1.75. The van der Waals surface area contributed by atoms with Gasteiger partial charge in [-0.15, -0.1) is 0 Å². The van der Waals surface area contributed by atoms with Crippen LogP contribution in [-0.2, 0) is 16.4 Å². The van der Waals surface area contributed by atoms with Crippen molar-refractivity contribution < 1.29 is 8.42 Å². The molecule has 0 aromatic carbocycles.